The van der Waals surface area contributed by atoms with Gasteiger partial charge in [0.2, 0.25) is 15.9 Å². The Balaban J connectivity index is 1.56. The van der Waals surface area contributed by atoms with Gasteiger partial charge in [-0.1, -0.05) is 18.6 Å². The largest absolute Gasteiger partial charge is 0.326 e. The molecule has 3 rings (SSSR count). The summed E-state index contributed by atoms with van der Waals surface area (Å²) in [4.78, 5) is 12.3. The van der Waals surface area contributed by atoms with Crippen LogP contribution in [0.5, 0.6) is 0 Å². The smallest absolute Gasteiger partial charge is 0.227 e. The summed E-state index contributed by atoms with van der Waals surface area (Å²) in [6.07, 6.45) is 5.87. The predicted octanol–water partition coefficient (Wildman–Crippen LogP) is 2.11. The van der Waals surface area contributed by atoms with Gasteiger partial charge in [-0.25, -0.2) is 13.1 Å². The fraction of sp³-hybridized carbons (Fsp3) is 0.562. The molecule has 0 aliphatic heterocycles. The van der Waals surface area contributed by atoms with Crippen LogP contribution in [0.2, 0.25) is 0 Å². The van der Waals surface area contributed by atoms with Crippen LogP contribution < -0.4 is 10.0 Å². The van der Waals surface area contributed by atoms with Crippen LogP contribution in [0, 0.1) is 17.8 Å². The van der Waals surface area contributed by atoms with Crippen LogP contribution in [0.25, 0.3) is 0 Å². The summed E-state index contributed by atoms with van der Waals surface area (Å²) in [6.45, 7) is 0.263. The van der Waals surface area contributed by atoms with Gasteiger partial charge in [0.15, 0.2) is 0 Å². The summed E-state index contributed by atoms with van der Waals surface area (Å²) >= 11 is 0. The van der Waals surface area contributed by atoms with Crippen LogP contribution in [-0.2, 0) is 21.4 Å². The second-order valence-electron chi connectivity index (χ2n) is 6.56. The average Bonchev–Trinajstić information content (AvgIpc) is 3.08. The highest BCUT2D eigenvalue weighted by Crippen LogP contribution is 2.48. The van der Waals surface area contributed by atoms with Crippen molar-refractivity contribution in [1.29, 1.82) is 0 Å². The summed E-state index contributed by atoms with van der Waals surface area (Å²) in [7, 11) is -3.19. The summed E-state index contributed by atoms with van der Waals surface area (Å²) in [5.41, 5.74) is 1.64. The lowest BCUT2D eigenvalue weighted by molar-refractivity contribution is -0.121. The Labute approximate surface area is 131 Å². The van der Waals surface area contributed by atoms with E-state index in [0.29, 0.717) is 5.92 Å². The van der Waals surface area contributed by atoms with Gasteiger partial charge in [0.05, 0.1) is 6.26 Å². The molecule has 1 aromatic rings. The fourth-order valence-electron chi connectivity index (χ4n) is 3.72. The molecule has 2 fully saturated rings. The molecule has 0 aromatic heterocycles. The van der Waals surface area contributed by atoms with Crippen LogP contribution in [0.3, 0.4) is 0 Å². The minimum Gasteiger partial charge on any atom is -0.326 e. The van der Waals surface area contributed by atoms with E-state index in [1.807, 2.05) is 24.3 Å². The van der Waals surface area contributed by atoms with Crippen molar-refractivity contribution in [2.24, 2.45) is 17.8 Å². The number of rotatable bonds is 5. The molecule has 5 nitrogen and oxygen atoms in total. The van der Waals surface area contributed by atoms with Crippen LogP contribution in [0.4, 0.5) is 5.69 Å². The van der Waals surface area contributed by atoms with Crippen molar-refractivity contribution in [2.45, 2.75) is 32.2 Å². The van der Waals surface area contributed by atoms with E-state index in [1.54, 1.807) is 0 Å². The summed E-state index contributed by atoms with van der Waals surface area (Å²) in [5, 5.41) is 2.99. The van der Waals surface area contributed by atoms with E-state index in [1.165, 1.54) is 19.3 Å². The highest BCUT2D eigenvalue weighted by molar-refractivity contribution is 7.88. The quantitative estimate of drug-likeness (QED) is 0.872. The lowest BCUT2D eigenvalue weighted by Gasteiger charge is -2.20. The monoisotopic (exact) mass is 322 g/mol. The molecule has 0 spiro atoms. The Morgan fingerprint density at radius 3 is 2.45 bits per heavy atom. The Bertz CT molecular complexity index is 654. The molecule has 0 heterocycles. The van der Waals surface area contributed by atoms with Crippen molar-refractivity contribution in [2.75, 3.05) is 11.6 Å². The molecule has 2 aliphatic carbocycles. The van der Waals surface area contributed by atoms with Crippen molar-refractivity contribution in [3.05, 3.63) is 29.8 Å². The van der Waals surface area contributed by atoms with E-state index in [-0.39, 0.29) is 18.4 Å². The Kier molecular flexibility index (Phi) is 4.23. The Hall–Kier alpha value is -1.40. The second-order valence-corrected chi connectivity index (χ2v) is 8.39. The number of nitrogens with one attached hydrogen (secondary N) is 2. The first-order chi connectivity index (χ1) is 10.4. The molecule has 0 unspecified atom stereocenters. The van der Waals surface area contributed by atoms with Crippen LogP contribution >= 0.6 is 0 Å². The van der Waals surface area contributed by atoms with Crippen molar-refractivity contribution in [3.63, 3.8) is 0 Å². The normalized spacial score (nSPS) is 27.0. The third-order valence-corrected chi connectivity index (χ3v) is 5.50. The molecular weight excluding hydrogens is 300 g/mol. The first-order valence-electron chi connectivity index (χ1n) is 7.75. The van der Waals surface area contributed by atoms with Gasteiger partial charge in [0.25, 0.3) is 0 Å². The lowest BCUT2D eigenvalue weighted by atomic mass is 9.88. The van der Waals surface area contributed by atoms with Crippen LogP contribution in [0.1, 0.15) is 31.2 Å². The van der Waals surface area contributed by atoms with Gasteiger partial charge in [-0.2, -0.15) is 0 Å². The van der Waals surface area contributed by atoms with E-state index < -0.39 is 10.0 Å². The Morgan fingerprint density at radius 1 is 1.18 bits per heavy atom. The molecule has 1 aromatic carbocycles. The molecule has 2 bridgehead atoms. The number of benzene rings is 1. The minimum atomic E-state index is -3.19. The van der Waals surface area contributed by atoms with E-state index in [4.69, 9.17) is 0 Å². The molecule has 22 heavy (non-hydrogen) atoms. The van der Waals surface area contributed by atoms with E-state index in [9.17, 15) is 13.2 Å². The zero-order valence-electron chi connectivity index (χ0n) is 12.7. The van der Waals surface area contributed by atoms with Gasteiger partial charge in [-0.15, -0.1) is 0 Å². The van der Waals surface area contributed by atoms with Crippen LogP contribution in [0.15, 0.2) is 24.3 Å². The number of carbonyl (C=O) groups excluding carboxylic acids is 1. The third-order valence-electron chi connectivity index (χ3n) is 4.83. The van der Waals surface area contributed by atoms with Gasteiger partial charge in [-0.3, -0.25) is 4.79 Å². The predicted molar refractivity (Wildman–Crippen MR) is 85.7 cm³/mol. The minimum absolute atomic E-state index is 0.134. The summed E-state index contributed by atoms with van der Waals surface area (Å²) in [6, 6.07) is 7.30. The maximum absolute atomic E-state index is 12.3. The second kappa shape index (κ2) is 6.01. The van der Waals surface area contributed by atoms with Gasteiger partial charge in [-0.05, 0) is 48.8 Å². The highest BCUT2D eigenvalue weighted by atomic mass is 32.2. The molecule has 2 aliphatic rings. The van der Waals surface area contributed by atoms with Crippen molar-refractivity contribution >= 4 is 21.6 Å². The molecule has 2 N–H and O–H groups in total. The third kappa shape index (κ3) is 3.67. The summed E-state index contributed by atoms with van der Waals surface area (Å²) in [5.74, 6) is 1.63. The number of sulfonamides is 1. The van der Waals surface area contributed by atoms with E-state index >= 15 is 0 Å². The van der Waals surface area contributed by atoms with Crippen molar-refractivity contribution in [1.82, 2.24) is 4.72 Å². The molecule has 0 radical (unpaired) electrons. The molecule has 0 saturated heterocycles. The average molecular weight is 322 g/mol. The SMILES string of the molecule is CS(=O)(=O)NCc1ccc(NC(=O)[C@@H]2C[C@H]3CC[C@H]2C3)cc1. The standard InChI is InChI=1S/C16H22N2O3S/c1-22(20,21)17-10-11-3-6-14(7-4-11)18-16(19)15-9-12-2-5-13(15)8-12/h3-4,6-7,12-13,15,17H,2,5,8-10H2,1H3,(H,18,19)/t12-,13-,15+/m0/s1. The number of hydrogen-bond acceptors (Lipinski definition) is 3. The molecule has 120 valence electrons. The zero-order valence-corrected chi connectivity index (χ0v) is 13.5. The zero-order chi connectivity index (χ0) is 15.7. The molecular formula is C16H22N2O3S. The highest BCUT2D eigenvalue weighted by Gasteiger charge is 2.42. The molecule has 3 atom stereocenters. The van der Waals surface area contributed by atoms with Gasteiger partial charge < -0.3 is 5.32 Å². The molecule has 6 heteroatoms. The van der Waals surface area contributed by atoms with E-state index in [0.717, 1.165) is 29.8 Å². The van der Waals surface area contributed by atoms with Gasteiger partial charge in [0, 0.05) is 18.2 Å². The molecule has 2 saturated carbocycles. The summed E-state index contributed by atoms with van der Waals surface area (Å²) < 4.78 is 24.6. The van der Waals surface area contributed by atoms with Crippen molar-refractivity contribution in [3.8, 4) is 0 Å². The number of amides is 1. The lowest BCUT2D eigenvalue weighted by Crippen LogP contribution is -2.27. The van der Waals surface area contributed by atoms with E-state index in [2.05, 4.69) is 10.0 Å². The number of carbonyl (C=O) groups is 1. The fourth-order valence-corrected chi connectivity index (χ4v) is 4.15. The van der Waals surface area contributed by atoms with Crippen molar-refractivity contribution < 1.29 is 13.2 Å². The molecule has 1 amide bonds. The number of hydrogen-bond donors (Lipinski definition) is 2. The Morgan fingerprint density at radius 2 is 1.91 bits per heavy atom. The maximum Gasteiger partial charge on any atom is 0.227 e. The number of fused-ring (bicyclic) bond motifs is 2. The maximum atomic E-state index is 12.3. The first-order valence-corrected chi connectivity index (χ1v) is 9.64. The van der Waals surface area contributed by atoms with Gasteiger partial charge in [0.1, 0.15) is 0 Å². The van der Waals surface area contributed by atoms with Gasteiger partial charge >= 0.3 is 0 Å². The first kappa shape index (κ1) is 15.5. The topological polar surface area (TPSA) is 75.3 Å². The number of anilines is 1. The van der Waals surface area contributed by atoms with Crippen LogP contribution in [-0.4, -0.2) is 20.6 Å².